The van der Waals surface area contributed by atoms with Crippen LogP contribution in [0, 0.1) is 0 Å². The predicted molar refractivity (Wildman–Crippen MR) is 200 cm³/mol. The summed E-state index contributed by atoms with van der Waals surface area (Å²) < 4.78 is 5.62. The van der Waals surface area contributed by atoms with E-state index in [9.17, 15) is 4.79 Å². The summed E-state index contributed by atoms with van der Waals surface area (Å²) in [5.74, 6) is -0.385. The number of carbonyl (C=O) groups excluding carboxylic acids is 1. The molecule has 0 aliphatic rings. The van der Waals surface area contributed by atoms with E-state index in [1.54, 1.807) is 12.3 Å². The van der Waals surface area contributed by atoms with E-state index < -0.39 is 7.26 Å². The predicted octanol–water partition coefficient (Wildman–Crippen LogP) is 8.27. The van der Waals surface area contributed by atoms with Gasteiger partial charge >= 0.3 is 5.97 Å². The smallest absolute Gasteiger partial charge is 0.355 e. The third-order valence-electron chi connectivity index (χ3n) is 8.58. The first-order chi connectivity index (χ1) is 23.7. The number of rotatable bonds is 11. The normalized spacial score (nSPS) is 11.2. The van der Waals surface area contributed by atoms with Crippen LogP contribution in [0.25, 0.3) is 11.1 Å². The molecule has 6 aromatic carbocycles. The van der Waals surface area contributed by atoms with Crippen LogP contribution in [0.3, 0.4) is 0 Å². The Kier molecular flexibility index (Phi) is 9.26. The maximum atomic E-state index is 12.7. The fourth-order valence-corrected chi connectivity index (χ4v) is 10.4. The largest absolute Gasteiger partial charge is 0.456 e. The van der Waals surface area contributed by atoms with E-state index in [0.29, 0.717) is 12.2 Å². The second kappa shape index (κ2) is 14.4. The molecule has 0 amide bonds. The van der Waals surface area contributed by atoms with Crippen LogP contribution in [0.2, 0.25) is 0 Å². The van der Waals surface area contributed by atoms with Crippen molar-refractivity contribution < 1.29 is 9.53 Å². The zero-order chi connectivity index (χ0) is 32.6. The van der Waals surface area contributed by atoms with E-state index in [-0.39, 0.29) is 12.6 Å². The molecule has 1 heterocycles. The lowest BCUT2D eigenvalue weighted by Gasteiger charge is -2.27. The molecule has 7 aromatic rings. The molecule has 0 spiro atoms. The third kappa shape index (κ3) is 6.57. The van der Waals surface area contributed by atoms with Crippen LogP contribution in [0.1, 0.15) is 21.6 Å². The molecule has 0 aliphatic carbocycles. The number of aromatic amines is 1. The van der Waals surface area contributed by atoms with Crippen molar-refractivity contribution in [3.8, 4) is 11.1 Å². The SMILES string of the molecule is O=C(OCc1ccc(-c2ccc([P+](c3ccccc3)(c3ccccc3)c3ccccc3)cc2)cc1)c1cc(NCc2ccccc2)c[nH]1. The van der Waals surface area contributed by atoms with Gasteiger partial charge in [-0.15, -0.1) is 0 Å². The van der Waals surface area contributed by atoms with Crippen molar-refractivity contribution in [2.24, 2.45) is 0 Å². The van der Waals surface area contributed by atoms with E-state index in [1.165, 1.54) is 26.8 Å². The minimum Gasteiger partial charge on any atom is -0.456 e. The van der Waals surface area contributed by atoms with Crippen molar-refractivity contribution in [2.45, 2.75) is 13.2 Å². The highest BCUT2D eigenvalue weighted by Gasteiger charge is 2.47. The molecule has 4 nitrogen and oxygen atoms in total. The molecule has 48 heavy (non-hydrogen) atoms. The average molecular weight is 644 g/mol. The fourth-order valence-electron chi connectivity index (χ4n) is 6.16. The Hall–Kier alpha value is -5.70. The van der Waals surface area contributed by atoms with Crippen LogP contribution in [0.15, 0.2) is 182 Å². The number of ether oxygens (including phenoxy) is 1. The van der Waals surface area contributed by atoms with Gasteiger partial charge in [-0.25, -0.2) is 4.79 Å². The van der Waals surface area contributed by atoms with Crippen LogP contribution in [-0.4, -0.2) is 11.0 Å². The van der Waals surface area contributed by atoms with E-state index in [2.05, 4.69) is 150 Å². The number of anilines is 1. The van der Waals surface area contributed by atoms with Crippen LogP contribution < -0.4 is 26.5 Å². The van der Waals surface area contributed by atoms with E-state index >= 15 is 0 Å². The molecule has 0 atom stereocenters. The molecule has 0 aliphatic heterocycles. The Bertz CT molecular complexity index is 1960. The quantitative estimate of drug-likeness (QED) is 0.110. The van der Waals surface area contributed by atoms with Crippen LogP contribution in [0.4, 0.5) is 5.69 Å². The number of nitrogens with one attached hydrogen (secondary N) is 2. The highest BCUT2D eigenvalue weighted by molar-refractivity contribution is 8.01. The van der Waals surface area contributed by atoms with Crippen molar-refractivity contribution in [3.63, 3.8) is 0 Å². The van der Waals surface area contributed by atoms with Gasteiger partial charge in [-0.2, -0.15) is 0 Å². The molecule has 0 radical (unpaired) electrons. The highest BCUT2D eigenvalue weighted by Crippen LogP contribution is 2.54. The number of hydrogen-bond donors (Lipinski definition) is 2. The molecule has 2 N–H and O–H groups in total. The summed E-state index contributed by atoms with van der Waals surface area (Å²) in [6.45, 7) is 0.875. The van der Waals surface area contributed by atoms with Gasteiger partial charge in [-0.05, 0) is 76.9 Å². The number of H-pyrrole nitrogens is 1. The second-order valence-corrected chi connectivity index (χ2v) is 15.0. The Morgan fingerprint density at radius 1 is 0.542 bits per heavy atom. The Balaban J connectivity index is 1.07. The molecule has 0 saturated carbocycles. The van der Waals surface area contributed by atoms with E-state index in [0.717, 1.165) is 22.4 Å². The van der Waals surface area contributed by atoms with Gasteiger partial charge in [0.15, 0.2) is 0 Å². The monoisotopic (exact) mass is 643 g/mol. The first kappa shape index (κ1) is 30.9. The summed E-state index contributed by atoms with van der Waals surface area (Å²) >= 11 is 0. The first-order valence-electron chi connectivity index (χ1n) is 16.1. The van der Waals surface area contributed by atoms with Crippen LogP contribution in [-0.2, 0) is 17.9 Å². The van der Waals surface area contributed by atoms with Gasteiger partial charge in [0.1, 0.15) is 40.8 Å². The van der Waals surface area contributed by atoms with Gasteiger partial charge in [-0.3, -0.25) is 0 Å². The van der Waals surface area contributed by atoms with Gasteiger partial charge < -0.3 is 15.0 Å². The van der Waals surface area contributed by atoms with Crippen molar-refractivity contribution in [3.05, 3.63) is 199 Å². The Morgan fingerprint density at radius 2 is 1.00 bits per heavy atom. The molecule has 0 unspecified atom stereocenters. The molecule has 1 aromatic heterocycles. The first-order valence-corrected chi connectivity index (χ1v) is 17.9. The van der Waals surface area contributed by atoms with Gasteiger partial charge in [-0.1, -0.05) is 121 Å². The third-order valence-corrected chi connectivity index (χ3v) is 12.9. The fraction of sp³-hybridized carbons (Fsp3) is 0.0465. The number of carbonyl (C=O) groups is 1. The molecule has 0 saturated heterocycles. The zero-order valence-electron chi connectivity index (χ0n) is 26.5. The van der Waals surface area contributed by atoms with E-state index in [1.807, 2.05) is 30.3 Å². The minimum absolute atomic E-state index is 0.197. The lowest BCUT2D eigenvalue weighted by atomic mass is 10.0. The summed E-state index contributed by atoms with van der Waals surface area (Å²) in [7, 11) is -2.14. The summed E-state index contributed by atoms with van der Waals surface area (Å²) in [4.78, 5) is 15.8. The van der Waals surface area contributed by atoms with Crippen LogP contribution >= 0.6 is 7.26 Å². The number of benzene rings is 6. The molecule has 7 rings (SSSR count). The number of esters is 1. The summed E-state index contributed by atoms with van der Waals surface area (Å²) in [5.41, 5.74) is 5.61. The molecule has 5 heteroatoms. The van der Waals surface area contributed by atoms with Gasteiger partial charge in [0.25, 0.3) is 0 Å². The minimum atomic E-state index is -2.14. The van der Waals surface area contributed by atoms with Crippen molar-refractivity contribution in [1.82, 2.24) is 4.98 Å². The summed E-state index contributed by atoms with van der Waals surface area (Å²) in [5, 5.41) is 8.62. The lowest BCUT2D eigenvalue weighted by molar-refractivity contribution is 0.0466. The maximum absolute atomic E-state index is 12.7. The molecule has 0 bridgehead atoms. The molecular weight excluding hydrogens is 607 g/mol. The van der Waals surface area contributed by atoms with Gasteiger partial charge in [0, 0.05) is 12.7 Å². The summed E-state index contributed by atoms with van der Waals surface area (Å²) in [6, 6.07) is 61.9. The summed E-state index contributed by atoms with van der Waals surface area (Å²) in [6.07, 6.45) is 1.78. The zero-order valence-corrected chi connectivity index (χ0v) is 27.4. The van der Waals surface area contributed by atoms with Crippen molar-refractivity contribution >= 4 is 40.1 Å². The van der Waals surface area contributed by atoms with Crippen LogP contribution in [0.5, 0.6) is 0 Å². The maximum Gasteiger partial charge on any atom is 0.355 e. The van der Waals surface area contributed by atoms with Crippen molar-refractivity contribution in [1.29, 1.82) is 0 Å². The second-order valence-electron chi connectivity index (χ2n) is 11.6. The lowest BCUT2D eigenvalue weighted by Crippen LogP contribution is -2.38. The highest BCUT2D eigenvalue weighted by atomic mass is 31.2. The Labute approximate surface area is 282 Å². The van der Waals surface area contributed by atoms with Gasteiger partial charge in [0.2, 0.25) is 0 Å². The van der Waals surface area contributed by atoms with E-state index in [4.69, 9.17) is 4.74 Å². The van der Waals surface area contributed by atoms with Crippen molar-refractivity contribution in [2.75, 3.05) is 5.32 Å². The number of aromatic nitrogens is 1. The molecule has 0 fully saturated rings. The molecular formula is C43H36N2O2P+. The Morgan fingerprint density at radius 3 is 1.52 bits per heavy atom. The number of hydrogen-bond acceptors (Lipinski definition) is 3. The molecule has 234 valence electrons. The van der Waals surface area contributed by atoms with Gasteiger partial charge in [0.05, 0.1) is 5.69 Å². The standard InChI is InChI=1S/C43H35N2O2P/c46-43(42-29-37(31-45-42)44-30-33-13-5-1-6-14-33)47-32-34-21-23-35(24-22-34)36-25-27-41(28-26-36)48(38-15-7-2-8-16-38,39-17-9-3-10-18-39)40-19-11-4-12-20-40/h1-29,31,44H,30,32H2/p+1. The topological polar surface area (TPSA) is 54.1 Å². The average Bonchev–Trinajstić information content (AvgIpc) is 3.65.